The first kappa shape index (κ1) is 12.4. The fraction of sp³-hybridized carbons (Fsp3) is 0.636. The molecule has 0 amide bonds. The van der Waals surface area contributed by atoms with Crippen molar-refractivity contribution in [2.45, 2.75) is 26.0 Å². The Morgan fingerprint density at radius 3 is 2.71 bits per heavy atom. The maximum absolute atomic E-state index is 5.75. The molecule has 0 saturated heterocycles. The Morgan fingerprint density at radius 2 is 2.14 bits per heavy atom. The minimum absolute atomic E-state index is 0.632. The second kappa shape index (κ2) is 6.76. The van der Waals surface area contributed by atoms with Gasteiger partial charge in [-0.2, -0.15) is 11.8 Å². The SMILES string of the molecule is CCc1ccc(CSCC(C)CCl)s1. The monoisotopic (exact) mass is 248 g/mol. The predicted molar refractivity (Wildman–Crippen MR) is 69.7 cm³/mol. The van der Waals surface area contributed by atoms with Gasteiger partial charge in [-0.3, -0.25) is 0 Å². The summed E-state index contributed by atoms with van der Waals surface area (Å²) in [6.45, 7) is 4.41. The lowest BCUT2D eigenvalue weighted by atomic mass is 10.3. The Morgan fingerprint density at radius 1 is 1.43 bits per heavy atom. The molecule has 3 heteroatoms. The second-order valence-electron chi connectivity index (χ2n) is 3.50. The lowest BCUT2D eigenvalue weighted by molar-refractivity contribution is 0.759. The number of rotatable bonds is 6. The zero-order valence-electron chi connectivity index (χ0n) is 8.75. The highest BCUT2D eigenvalue weighted by Crippen LogP contribution is 2.23. The van der Waals surface area contributed by atoms with Crippen LogP contribution in [0.5, 0.6) is 0 Å². The Hall–Kier alpha value is 0.340. The Kier molecular flexibility index (Phi) is 5.99. The number of thiophene rings is 1. The van der Waals surface area contributed by atoms with E-state index in [1.807, 2.05) is 23.1 Å². The maximum atomic E-state index is 5.75. The number of hydrogen-bond acceptors (Lipinski definition) is 2. The molecule has 0 spiro atoms. The molecule has 80 valence electrons. The second-order valence-corrected chi connectivity index (χ2v) is 6.09. The molecule has 0 aromatic carbocycles. The largest absolute Gasteiger partial charge is 0.156 e. The van der Waals surface area contributed by atoms with E-state index in [1.165, 1.54) is 15.5 Å². The fourth-order valence-electron chi connectivity index (χ4n) is 1.10. The highest BCUT2D eigenvalue weighted by Gasteiger charge is 2.02. The van der Waals surface area contributed by atoms with E-state index in [0.29, 0.717) is 5.92 Å². The molecule has 1 aromatic rings. The smallest absolute Gasteiger partial charge is 0.0279 e. The number of thioether (sulfide) groups is 1. The summed E-state index contributed by atoms with van der Waals surface area (Å²) in [6.07, 6.45) is 1.16. The van der Waals surface area contributed by atoms with Gasteiger partial charge in [0.2, 0.25) is 0 Å². The highest BCUT2D eigenvalue weighted by molar-refractivity contribution is 7.98. The molecule has 1 unspecified atom stereocenters. The molecule has 1 heterocycles. The third kappa shape index (κ3) is 4.24. The molecule has 0 nitrogen and oxygen atoms in total. The lowest BCUT2D eigenvalue weighted by Crippen LogP contribution is -1.98. The summed E-state index contributed by atoms with van der Waals surface area (Å²) in [5.41, 5.74) is 0. The van der Waals surface area contributed by atoms with Crippen molar-refractivity contribution < 1.29 is 0 Å². The van der Waals surface area contributed by atoms with Crippen LogP contribution in [0.1, 0.15) is 23.6 Å². The normalized spacial score (nSPS) is 13.1. The third-order valence-corrected chi connectivity index (χ3v) is 5.23. The van der Waals surface area contributed by atoms with Crippen molar-refractivity contribution in [1.29, 1.82) is 0 Å². The number of halogens is 1. The predicted octanol–water partition coefficient (Wildman–Crippen LogP) is 4.42. The van der Waals surface area contributed by atoms with Crippen molar-refractivity contribution in [3.8, 4) is 0 Å². The van der Waals surface area contributed by atoms with Crippen molar-refractivity contribution in [2.24, 2.45) is 5.92 Å². The Labute approximate surface area is 100 Å². The van der Waals surface area contributed by atoms with Crippen LogP contribution in [0.4, 0.5) is 0 Å². The van der Waals surface area contributed by atoms with E-state index in [-0.39, 0.29) is 0 Å². The molecule has 0 radical (unpaired) electrons. The molecular weight excluding hydrogens is 232 g/mol. The van der Waals surface area contributed by atoms with E-state index in [2.05, 4.69) is 26.0 Å². The topological polar surface area (TPSA) is 0 Å². The van der Waals surface area contributed by atoms with Crippen molar-refractivity contribution in [1.82, 2.24) is 0 Å². The molecule has 1 rings (SSSR count). The standard InChI is InChI=1S/C11H17ClS2/c1-3-10-4-5-11(14-10)8-13-7-9(2)6-12/h4-5,9H,3,6-8H2,1-2H3. The Bertz CT molecular complexity index is 258. The molecule has 0 aliphatic rings. The summed E-state index contributed by atoms with van der Waals surface area (Å²) in [6, 6.07) is 4.49. The first-order valence-corrected chi connectivity index (χ1v) is 7.48. The van der Waals surface area contributed by atoms with Gasteiger partial charge in [0.1, 0.15) is 0 Å². The summed E-state index contributed by atoms with van der Waals surface area (Å²) in [7, 11) is 0. The van der Waals surface area contributed by atoms with Gasteiger partial charge in [0, 0.05) is 21.4 Å². The quantitative estimate of drug-likeness (QED) is 0.672. The van der Waals surface area contributed by atoms with Gasteiger partial charge in [-0.15, -0.1) is 22.9 Å². The summed E-state index contributed by atoms with van der Waals surface area (Å²) in [5, 5.41) is 0. The molecule has 0 aliphatic carbocycles. The highest BCUT2D eigenvalue weighted by atomic mass is 35.5. The van der Waals surface area contributed by atoms with Crippen LogP contribution in [0.2, 0.25) is 0 Å². The molecular formula is C11H17ClS2. The maximum Gasteiger partial charge on any atom is 0.0279 e. The van der Waals surface area contributed by atoms with Gasteiger partial charge in [-0.05, 0) is 30.2 Å². The van der Waals surface area contributed by atoms with Crippen LogP contribution in [0.15, 0.2) is 12.1 Å². The van der Waals surface area contributed by atoms with Crippen LogP contribution in [-0.2, 0) is 12.2 Å². The minimum atomic E-state index is 0.632. The lowest BCUT2D eigenvalue weighted by Gasteiger charge is -2.05. The molecule has 0 N–H and O–H groups in total. The van der Waals surface area contributed by atoms with Crippen LogP contribution in [0.3, 0.4) is 0 Å². The van der Waals surface area contributed by atoms with Crippen molar-refractivity contribution >= 4 is 34.7 Å². The molecule has 0 aliphatic heterocycles. The molecule has 1 atom stereocenters. The summed E-state index contributed by atoms with van der Waals surface area (Å²) < 4.78 is 0. The number of hydrogen-bond donors (Lipinski definition) is 0. The van der Waals surface area contributed by atoms with Crippen LogP contribution in [-0.4, -0.2) is 11.6 Å². The third-order valence-electron chi connectivity index (χ3n) is 1.98. The number of aryl methyl sites for hydroxylation is 1. The van der Waals surface area contributed by atoms with Crippen LogP contribution in [0, 0.1) is 5.92 Å². The molecule has 0 bridgehead atoms. The molecule has 1 aromatic heterocycles. The van der Waals surface area contributed by atoms with Gasteiger partial charge < -0.3 is 0 Å². The minimum Gasteiger partial charge on any atom is -0.156 e. The first-order chi connectivity index (χ1) is 6.76. The first-order valence-electron chi connectivity index (χ1n) is 4.97. The van der Waals surface area contributed by atoms with Gasteiger partial charge >= 0.3 is 0 Å². The van der Waals surface area contributed by atoms with Crippen molar-refractivity contribution in [2.75, 3.05) is 11.6 Å². The molecule has 14 heavy (non-hydrogen) atoms. The van der Waals surface area contributed by atoms with Gasteiger partial charge in [0.25, 0.3) is 0 Å². The van der Waals surface area contributed by atoms with E-state index in [1.54, 1.807) is 0 Å². The van der Waals surface area contributed by atoms with Crippen molar-refractivity contribution in [3.63, 3.8) is 0 Å². The molecule has 0 saturated carbocycles. The number of alkyl halides is 1. The van der Waals surface area contributed by atoms with E-state index >= 15 is 0 Å². The average Bonchev–Trinajstić information content (AvgIpc) is 2.65. The van der Waals surface area contributed by atoms with Gasteiger partial charge in [0.15, 0.2) is 0 Å². The van der Waals surface area contributed by atoms with Crippen LogP contribution in [0.25, 0.3) is 0 Å². The fourth-order valence-corrected chi connectivity index (χ4v) is 3.51. The molecule has 0 fully saturated rings. The van der Waals surface area contributed by atoms with E-state index in [4.69, 9.17) is 11.6 Å². The van der Waals surface area contributed by atoms with Gasteiger partial charge in [0.05, 0.1) is 0 Å². The van der Waals surface area contributed by atoms with Crippen molar-refractivity contribution in [3.05, 3.63) is 21.9 Å². The zero-order chi connectivity index (χ0) is 10.4. The zero-order valence-corrected chi connectivity index (χ0v) is 11.1. The van der Waals surface area contributed by atoms with Crippen LogP contribution >= 0.6 is 34.7 Å². The summed E-state index contributed by atoms with van der Waals surface area (Å²) in [5.74, 6) is 3.72. The van der Waals surface area contributed by atoms with Crippen LogP contribution < -0.4 is 0 Å². The summed E-state index contributed by atoms with van der Waals surface area (Å²) >= 11 is 9.68. The van der Waals surface area contributed by atoms with E-state index in [9.17, 15) is 0 Å². The van der Waals surface area contributed by atoms with Gasteiger partial charge in [-0.25, -0.2) is 0 Å². The average molecular weight is 249 g/mol. The van der Waals surface area contributed by atoms with E-state index in [0.717, 1.165) is 18.1 Å². The Balaban J connectivity index is 2.24. The van der Waals surface area contributed by atoms with E-state index < -0.39 is 0 Å². The van der Waals surface area contributed by atoms with Gasteiger partial charge in [-0.1, -0.05) is 13.8 Å². The summed E-state index contributed by atoms with van der Waals surface area (Å²) in [4.78, 5) is 2.99.